The highest BCUT2D eigenvalue weighted by molar-refractivity contribution is 6.34. The average molecular weight is 398 g/mol. The molecule has 0 bridgehead atoms. The van der Waals surface area contributed by atoms with Crippen molar-refractivity contribution in [2.24, 2.45) is 0 Å². The van der Waals surface area contributed by atoms with Crippen LogP contribution in [-0.4, -0.2) is 27.9 Å². The molecule has 0 aliphatic rings. The van der Waals surface area contributed by atoms with E-state index in [-0.39, 0.29) is 32.7 Å². The Kier molecular flexibility index (Phi) is 6.01. The number of hydrogen-bond acceptors (Lipinski definition) is 5. The van der Waals surface area contributed by atoms with Crippen molar-refractivity contribution >= 4 is 46.4 Å². The molecule has 26 heavy (non-hydrogen) atoms. The summed E-state index contributed by atoms with van der Waals surface area (Å²) in [4.78, 5) is 34.4. The molecule has 0 heterocycles. The molecule has 3 N–H and O–H groups in total. The Morgan fingerprint density at radius 2 is 1.88 bits per heavy atom. The Balaban J connectivity index is 2.07. The smallest absolute Gasteiger partial charge is 0.271 e. The van der Waals surface area contributed by atoms with Crippen LogP contribution in [0.5, 0.6) is 5.75 Å². The van der Waals surface area contributed by atoms with Crippen molar-refractivity contribution < 1.29 is 19.6 Å². The lowest BCUT2D eigenvalue weighted by atomic mass is 10.1. The highest BCUT2D eigenvalue weighted by atomic mass is 35.5. The van der Waals surface area contributed by atoms with Gasteiger partial charge in [-0.2, -0.15) is 0 Å². The number of nitrogens with one attached hydrogen (secondary N) is 2. The molecule has 0 aliphatic heterocycles. The van der Waals surface area contributed by atoms with Crippen molar-refractivity contribution in [3.8, 4) is 5.75 Å². The summed E-state index contributed by atoms with van der Waals surface area (Å²) in [7, 11) is 0. The zero-order valence-corrected chi connectivity index (χ0v) is 14.8. The maximum Gasteiger partial charge on any atom is 0.271 e. The summed E-state index contributed by atoms with van der Waals surface area (Å²) in [5, 5.41) is 25.5. The van der Waals surface area contributed by atoms with Gasteiger partial charge < -0.3 is 15.7 Å². The van der Waals surface area contributed by atoms with Crippen LogP contribution in [0.2, 0.25) is 10.0 Å². The second-order valence-electron chi connectivity index (χ2n) is 5.27. The van der Waals surface area contributed by atoms with Gasteiger partial charge in [0, 0.05) is 17.2 Å². The van der Waals surface area contributed by atoms with E-state index in [0.29, 0.717) is 0 Å². The van der Waals surface area contributed by atoms with Gasteiger partial charge >= 0.3 is 0 Å². The molecule has 0 saturated heterocycles. The number of carbonyl (C=O) groups is 2. The topological polar surface area (TPSA) is 122 Å². The number of anilines is 1. The number of non-ortho nitro benzene ring substituents is 1. The minimum absolute atomic E-state index is 0.0152. The summed E-state index contributed by atoms with van der Waals surface area (Å²) < 4.78 is 0. The zero-order chi connectivity index (χ0) is 19.4. The van der Waals surface area contributed by atoms with Gasteiger partial charge in [-0.3, -0.25) is 19.7 Å². The van der Waals surface area contributed by atoms with Crippen LogP contribution in [0.1, 0.15) is 17.3 Å². The molecule has 0 aliphatic carbocycles. The Labute approximate surface area is 157 Å². The minimum Gasteiger partial charge on any atom is -0.507 e. The number of nitro groups is 1. The second-order valence-corrected chi connectivity index (χ2v) is 6.11. The normalized spacial score (nSPS) is 11.5. The first-order valence-corrected chi connectivity index (χ1v) is 7.99. The van der Waals surface area contributed by atoms with E-state index < -0.39 is 22.8 Å². The summed E-state index contributed by atoms with van der Waals surface area (Å²) in [6, 6.07) is 6.55. The third-order valence-electron chi connectivity index (χ3n) is 3.37. The first-order valence-electron chi connectivity index (χ1n) is 7.23. The van der Waals surface area contributed by atoms with Gasteiger partial charge in [0.05, 0.1) is 21.2 Å². The number of nitro benzene ring substituents is 1. The summed E-state index contributed by atoms with van der Waals surface area (Å²) in [6.07, 6.45) is 0. The maximum absolute atomic E-state index is 12.2. The molecular weight excluding hydrogens is 385 g/mol. The lowest BCUT2D eigenvalue weighted by Crippen LogP contribution is -2.41. The summed E-state index contributed by atoms with van der Waals surface area (Å²) >= 11 is 11.7. The molecule has 0 aromatic heterocycles. The van der Waals surface area contributed by atoms with Crippen LogP contribution in [0.4, 0.5) is 11.4 Å². The number of nitrogens with zero attached hydrogens (tertiary/aromatic N) is 1. The fraction of sp³-hybridized carbons (Fsp3) is 0.125. The van der Waals surface area contributed by atoms with Crippen LogP contribution in [0, 0.1) is 10.1 Å². The van der Waals surface area contributed by atoms with E-state index in [1.807, 2.05) is 0 Å². The predicted molar refractivity (Wildman–Crippen MR) is 96.8 cm³/mol. The van der Waals surface area contributed by atoms with E-state index in [4.69, 9.17) is 23.2 Å². The zero-order valence-electron chi connectivity index (χ0n) is 13.3. The Morgan fingerprint density at radius 1 is 1.19 bits per heavy atom. The molecule has 8 nitrogen and oxygen atoms in total. The third-order valence-corrected chi connectivity index (χ3v) is 3.91. The first kappa shape index (κ1) is 19.5. The highest BCUT2D eigenvalue weighted by Crippen LogP contribution is 2.27. The van der Waals surface area contributed by atoms with E-state index >= 15 is 0 Å². The van der Waals surface area contributed by atoms with Gasteiger partial charge in [-0.25, -0.2) is 0 Å². The fourth-order valence-electron chi connectivity index (χ4n) is 1.99. The van der Waals surface area contributed by atoms with Crippen molar-refractivity contribution in [2.45, 2.75) is 13.0 Å². The molecule has 10 heteroatoms. The van der Waals surface area contributed by atoms with Crippen molar-refractivity contribution in [2.75, 3.05) is 5.32 Å². The molecule has 136 valence electrons. The molecule has 0 unspecified atom stereocenters. The molecular formula is C16H13Cl2N3O5. The quantitative estimate of drug-likeness (QED) is 0.527. The summed E-state index contributed by atoms with van der Waals surface area (Å²) in [5.74, 6) is -1.57. The van der Waals surface area contributed by atoms with Crippen LogP contribution in [-0.2, 0) is 4.79 Å². The largest absolute Gasteiger partial charge is 0.507 e. The van der Waals surface area contributed by atoms with E-state index in [1.165, 1.54) is 37.3 Å². The lowest BCUT2D eigenvalue weighted by Gasteiger charge is -2.15. The van der Waals surface area contributed by atoms with Crippen molar-refractivity contribution in [1.82, 2.24) is 5.32 Å². The molecule has 0 radical (unpaired) electrons. The Morgan fingerprint density at radius 3 is 2.50 bits per heavy atom. The molecule has 0 spiro atoms. The minimum atomic E-state index is -0.979. The molecule has 0 saturated carbocycles. The van der Waals surface area contributed by atoms with Crippen LogP contribution in [0.3, 0.4) is 0 Å². The van der Waals surface area contributed by atoms with Crippen LogP contribution in [0.25, 0.3) is 0 Å². The fourth-order valence-corrected chi connectivity index (χ4v) is 2.38. The van der Waals surface area contributed by atoms with E-state index in [1.54, 1.807) is 0 Å². The molecule has 2 rings (SSSR count). The van der Waals surface area contributed by atoms with Crippen molar-refractivity contribution in [1.29, 1.82) is 0 Å². The number of hydrogen-bond donors (Lipinski definition) is 3. The summed E-state index contributed by atoms with van der Waals surface area (Å²) in [6.45, 7) is 1.42. The SMILES string of the molecule is C[C@H](NC(=O)c1cc(Cl)ccc1O)C(=O)Nc1ccc([N+](=O)[O-])cc1Cl. The monoisotopic (exact) mass is 397 g/mol. The van der Waals surface area contributed by atoms with Gasteiger partial charge in [-0.1, -0.05) is 23.2 Å². The van der Waals surface area contributed by atoms with E-state index in [0.717, 1.165) is 6.07 Å². The Hall–Kier alpha value is -2.84. The average Bonchev–Trinajstić information content (AvgIpc) is 2.58. The van der Waals surface area contributed by atoms with Crippen LogP contribution >= 0.6 is 23.2 Å². The number of aromatic hydroxyl groups is 1. The van der Waals surface area contributed by atoms with Gasteiger partial charge in [0.25, 0.3) is 11.6 Å². The number of halogens is 2. The van der Waals surface area contributed by atoms with Crippen molar-refractivity contribution in [3.05, 3.63) is 62.1 Å². The molecule has 0 fully saturated rings. The molecule has 2 aromatic rings. The molecule has 2 aromatic carbocycles. The van der Waals surface area contributed by atoms with E-state index in [2.05, 4.69) is 10.6 Å². The number of amides is 2. The van der Waals surface area contributed by atoms with Gasteiger partial charge in [-0.05, 0) is 31.2 Å². The van der Waals surface area contributed by atoms with Crippen LogP contribution in [0.15, 0.2) is 36.4 Å². The number of rotatable bonds is 5. The molecule has 2 amide bonds. The van der Waals surface area contributed by atoms with Gasteiger partial charge in [-0.15, -0.1) is 0 Å². The maximum atomic E-state index is 12.2. The third kappa shape index (κ3) is 4.62. The number of phenols is 1. The first-order chi connectivity index (χ1) is 12.2. The van der Waals surface area contributed by atoms with Gasteiger partial charge in [0.1, 0.15) is 11.8 Å². The number of phenolic OH excluding ortho intramolecular Hbond substituents is 1. The molecule has 1 atom stereocenters. The van der Waals surface area contributed by atoms with Crippen molar-refractivity contribution in [3.63, 3.8) is 0 Å². The predicted octanol–water partition coefficient (Wildman–Crippen LogP) is 3.36. The summed E-state index contributed by atoms with van der Waals surface area (Å²) in [5.41, 5.74) is -0.134. The Bertz CT molecular complexity index is 888. The standard InChI is InChI=1S/C16H13Cl2N3O5/c1-8(19-16(24)11-6-9(17)2-5-14(11)22)15(23)20-13-4-3-10(21(25)26)7-12(13)18/h2-8,22H,1H3,(H,19,24)(H,20,23)/t8-/m0/s1. The van der Waals surface area contributed by atoms with E-state index in [9.17, 15) is 24.8 Å². The number of benzene rings is 2. The highest BCUT2D eigenvalue weighted by Gasteiger charge is 2.20. The second kappa shape index (κ2) is 8.03. The number of carbonyl (C=O) groups excluding carboxylic acids is 2. The lowest BCUT2D eigenvalue weighted by molar-refractivity contribution is -0.384. The van der Waals surface area contributed by atoms with Gasteiger partial charge in [0.15, 0.2) is 0 Å². The van der Waals surface area contributed by atoms with Gasteiger partial charge in [0.2, 0.25) is 5.91 Å². The van der Waals surface area contributed by atoms with Crippen LogP contribution < -0.4 is 10.6 Å².